The lowest BCUT2D eigenvalue weighted by atomic mass is 9.89. The molecule has 1 fully saturated rings. The number of carbonyl (C=O) groups excluding carboxylic acids is 2. The number of aliphatic hydroxyl groups is 5. The van der Waals surface area contributed by atoms with Gasteiger partial charge in [0.1, 0.15) is 12.7 Å². The summed E-state index contributed by atoms with van der Waals surface area (Å²) in [7, 11) is -4.72. The molecule has 14 heteroatoms. The van der Waals surface area contributed by atoms with Crippen molar-refractivity contribution in [2.24, 2.45) is 11.8 Å². The van der Waals surface area contributed by atoms with Crippen molar-refractivity contribution >= 4 is 19.8 Å². The van der Waals surface area contributed by atoms with Gasteiger partial charge in [0, 0.05) is 18.8 Å². The number of allylic oxidation sites excluding steroid dienone is 7. The highest BCUT2D eigenvalue weighted by Gasteiger charge is 2.39. The van der Waals surface area contributed by atoms with Gasteiger partial charge in [-0.05, 0) is 63.7 Å². The summed E-state index contributed by atoms with van der Waals surface area (Å²) in [5.41, 5.74) is 0. The summed E-state index contributed by atoms with van der Waals surface area (Å²) in [6.45, 7) is 1.82. The van der Waals surface area contributed by atoms with Gasteiger partial charge in [0.2, 0.25) is 0 Å². The second-order valence-corrected chi connectivity index (χ2v) is 16.5. The van der Waals surface area contributed by atoms with E-state index in [0.29, 0.717) is 19.3 Å². The van der Waals surface area contributed by atoms with E-state index in [1.54, 1.807) is 24.3 Å². The Hall–Kier alpha value is -2.45. The fourth-order valence-electron chi connectivity index (χ4n) is 6.33. The molecule has 6 N–H and O–H groups in total. The van der Waals surface area contributed by atoms with E-state index in [4.69, 9.17) is 19.1 Å². The molecule has 1 saturated carbocycles. The fourth-order valence-corrected chi connectivity index (χ4v) is 7.12. The summed E-state index contributed by atoms with van der Waals surface area (Å²) >= 11 is 0. The van der Waals surface area contributed by atoms with Gasteiger partial charge in [0.15, 0.2) is 6.10 Å². The summed E-state index contributed by atoms with van der Waals surface area (Å²) in [4.78, 5) is 35.2. The summed E-state index contributed by atoms with van der Waals surface area (Å²) in [6.07, 6.45) is 30.3. The van der Waals surface area contributed by atoms with Crippen LogP contribution in [0.15, 0.2) is 60.8 Å². The third-order valence-corrected chi connectivity index (χ3v) is 10.7. The minimum Gasteiger partial charge on any atom is -0.462 e. The van der Waals surface area contributed by atoms with Crippen LogP contribution in [0.2, 0.25) is 0 Å². The monoisotopic (exact) mass is 842 g/mol. The van der Waals surface area contributed by atoms with E-state index in [1.807, 2.05) is 0 Å². The molecule has 0 aliphatic heterocycles. The molecule has 0 radical (unpaired) electrons. The molecule has 0 aromatic heterocycles. The van der Waals surface area contributed by atoms with Crippen LogP contribution in [0.4, 0.5) is 0 Å². The summed E-state index contributed by atoms with van der Waals surface area (Å²) in [5, 5.41) is 49.7. The third kappa shape index (κ3) is 28.1. The number of hydrogen-bond acceptors (Lipinski definition) is 12. The van der Waals surface area contributed by atoms with E-state index in [1.165, 1.54) is 19.3 Å². The molecule has 1 rings (SSSR count). The zero-order chi connectivity index (χ0) is 42.9. The maximum atomic E-state index is 12.8. The molecule has 334 valence electrons. The van der Waals surface area contributed by atoms with E-state index >= 15 is 0 Å². The van der Waals surface area contributed by atoms with E-state index in [9.17, 15) is 39.5 Å². The first-order valence-corrected chi connectivity index (χ1v) is 23.0. The van der Waals surface area contributed by atoms with Crippen molar-refractivity contribution in [1.29, 1.82) is 0 Å². The summed E-state index contributed by atoms with van der Waals surface area (Å²) in [6, 6.07) is 0. The number of phosphoric ester groups is 1. The van der Waals surface area contributed by atoms with E-state index in [-0.39, 0.29) is 31.1 Å². The Balaban J connectivity index is 2.55. The number of hydrogen-bond donors (Lipinski definition) is 6. The van der Waals surface area contributed by atoms with Crippen LogP contribution in [0.5, 0.6) is 0 Å². The van der Waals surface area contributed by atoms with Crippen LogP contribution in [-0.4, -0.2) is 99.3 Å². The summed E-state index contributed by atoms with van der Waals surface area (Å²) < 4.78 is 32.6. The maximum Gasteiger partial charge on any atom is 0.472 e. The molecule has 0 amide bonds. The third-order valence-electron chi connectivity index (χ3n) is 9.75. The van der Waals surface area contributed by atoms with Gasteiger partial charge in [-0.25, -0.2) is 4.57 Å². The van der Waals surface area contributed by atoms with Gasteiger partial charge in [0.05, 0.1) is 44.6 Å². The van der Waals surface area contributed by atoms with Crippen molar-refractivity contribution in [1.82, 2.24) is 0 Å². The smallest absolute Gasteiger partial charge is 0.462 e. The molecule has 1 aliphatic rings. The van der Waals surface area contributed by atoms with Crippen LogP contribution in [0, 0.1) is 11.8 Å². The molecule has 0 aromatic carbocycles. The van der Waals surface area contributed by atoms with E-state index < -0.39 is 76.7 Å². The summed E-state index contributed by atoms with van der Waals surface area (Å²) in [5.74, 6) is -1.94. The van der Waals surface area contributed by atoms with Gasteiger partial charge in [-0.1, -0.05) is 120 Å². The molecular weight excluding hydrogens is 767 g/mol. The van der Waals surface area contributed by atoms with Crippen LogP contribution in [0.1, 0.15) is 136 Å². The van der Waals surface area contributed by atoms with Crippen molar-refractivity contribution in [2.45, 2.75) is 166 Å². The normalized spacial score (nSPS) is 21.4. The number of ether oxygens (including phenoxy) is 2. The average Bonchev–Trinajstić information content (AvgIpc) is 3.47. The van der Waals surface area contributed by atoms with E-state index in [2.05, 4.69) is 54.8 Å². The van der Waals surface area contributed by atoms with Crippen molar-refractivity contribution in [3.63, 3.8) is 0 Å². The fraction of sp³-hybridized carbons (Fsp3) is 0.727. The maximum absolute atomic E-state index is 12.8. The number of aliphatic hydroxyl groups excluding tert-OH is 5. The number of unbranched alkanes of at least 4 members (excludes halogenated alkanes) is 9. The Kier molecular flexibility index (Phi) is 31.7. The minimum atomic E-state index is -4.72. The van der Waals surface area contributed by atoms with Crippen molar-refractivity contribution in [3.05, 3.63) is 60.8 Å². The first-order chi connectivity index (χ1) is 27.9. The van der Waals surface area contributed by atoms with Gasteiger partial charge in [-0.15, -0.1) is 0 Å². The van der Waals surface area contributed by atoms with Crippen LogP contribution in [-0.2, 0) is 32.7 Å². The average molecular weight is 843 g/mol. The van der Waals surface area contributed by atoms with Gasteiger partial charge in [-0.2, -0.15) is 0 Å². The molecule has 1 unspecified atom stereocenters. The Morgan fingerprint density at radius 2 is 1.36 bits per heavy atom. The molecule has 0 spiro atoms. The Morgan fingerprint density at radius 1 is 0.741 bits per heavy atom. The van der Waals surface area contributed by atoms with Crippen LogP contribution in [0.25, 0.3) is 0 Å². The van der Waals surface area contributed by atoms with Gasteiger partial charge < -0.3 is 39.9 Å². The number of carbonyl (C=O) groups is 2. The van der Waals surface area contributed by atoms with Crippen LogP contribution < -0.4 is 0 Å². The van der Waals surface area contributed by atoms with Crippen LogP contribution >= 0.6 is 7.82 Å². The number of phosphoric acid groups is 1. The first-order valence-electron chi connectivity index (χ1n) is 21.5. The lowest BCUT2D eigenvalue weighted by molar-refractivity contribution is -0.160. The quantitative estimate of drug-likeness (QED) is 0.0158. The molecule has 0 saturated heterocycles. The second-order valence-electron chi connectivity index (χ2n) is 15.0. The molecule has 8 atom stereocenters. The van der Waals surface area contributed by atoms with Crippen molar-refractivity contribution in [2.75, 3.05) is 26.4 Å². The SMILES string of the molecule is CCCCC/C=C\C/C=C\C/C=C\CCCCCCC(=O)OC[C@H](COP(=O)(O)OC[C@@H](O)CO)OC(=O)C/C=C\C[C@H]1[C@@H](/C=C/[C@H](O)CCCCC)[C@H](O)C[C@@H]1O. The lowest BCUT2D eigenvalue weighted by Gasteiger charge is -2.20. The van der Waals surface area contributed by atoms with Crippen molar-refractivity contribution in [3.8, 4) is 0 Å². The Labute approximate surface area is 347 Å². The second kappa shape index (κ2) is 34.3. The number of esters is 2. The largest absolute Gasteiger partial charge is 0.472 e. The molecular formula is C44H75O13P. The van der Waals surface area contributed by atoms with Gasteiger partial charge in [-0.3, -0.25) is 18.6 Å². The van der Waals surface area contributed by atoms with Crippen molar-refractivity contribution < 1.29 is 63.1 Å². The van der Waals surface area contributed by atoms with Gasteiger partial charge >= 0.3 is 19.8 Å². The first kappa shape index (κ1) is 53.6. The van der Waals surface area contributed by atoms with Gasteiger partial charge in [0.25, 0.3) is 0 Å². The predicted molar refractivity (Wildman–Crippen MR) is 225 cm³/mol. The highest BCUT2D eigenvalue weighted by Crippen LogP contribution is 2.43. The topological polar surface area (TPSA) is 210 Å². The molecule has 0 aromatic rings. The molecule has 13 nitrogen and oxygen atoms in total. The standard InChI is InChI=1S/C44H75O13P/c1-3-5-7-8-9-10-11-12-13-14-15-16-17-18-19-20-22-27-43(50)54-34-38(35-56-58(52,53)55-33-37(47)32-45)57-44(51)28-24-23-26-39-40(42(49)31-41(39)48)30-29-36(46)25-21-6-4-2/h9-10,12-13,15-16,23-24,29-30,36-42,45-49H,3-8,11,14,17-22,25-28,31-35H2,1-2H3,(H,52,53)/b10-9-,13-12-,16-15-,24-23-,30-29+/t36-,37+,38-,39+,40-,41+,42-/m1/s1. The highest BCUT2D eigenvalue weighted by molar-refractivity contribution is 7.47. The zero-order valence-corrected chi connectivity index (χ0v) is 36.0. The molecule has 0 bridgehead atoms. The highest BCUT2D eigenvalue weighted by atomic mass is 31.2. The molecule has 0 heterocycles. The van der Waals surface area contributed by atoms with E-state index in [0.717, 1.165) is 64.2 Å². The Morgan fingerprint density at radius 3 is 2.03 bits per heavy atom. The predicted octanol–water partition coefficient (Wildman–Crippen LogP) is 7.49. The molecule has 58 heavy (non-hydrogen) atoms. The number of rotatable bonds is 35. The zero-order valence-electron chi connectivity index (χ0n) is 35.1. The van der Waals surface area contributed by atoms with Crippen LogP contribution in [0.3, 0.4) is 0 Å². The lowest BCUT2D eigenvalue weighted by Crippen LogP contribution is -2.29. The Bertz CT molecular complexity index is 1270. The minimum absolute atomic E-state index is 0.147. The molecule has 1 aliphatic carbocycles.